The molecule has 3 heterocycles. The van der Waals surface area contributed by atoms with Crippen LogP contribution in [0.1, 0.15) is 67.2 Å². The number of esters is 2. The molecule has 1 spiro atoms. The molecule has 40 heavy (non-hydrogen) atoms. The van der Waals surface area contributed by atoms with Gasteiger partial charge >= 0.3 is 11.9 Å². The number of amides is 1. The summed E-state index contributed by atoms with van der Waals surface area (Å²) in [6.45, 7) is 11.4. The Hall–Kier alpha value is -2.53. The number of epoxide rings is 1. The number of hydrogen-bond donors (Lipinski definition) is 1. The van der Waals surface area contributed by atoms with Crippen molar-refractivity contribution in [2.75, 3.05) is 13.7 Å². The highest BCUT2D eigenvalue weighted by molar-refractivity contribution is 5.87. The van der Waals surface area contributed by atoms with Crippen molar-refractivity contribution in [3.63, 3.8) is 0 Å². The number of methoxy groups -OCH3 is 1. The fourth-order valence-corrected chi connectivity index (χ4v) is 5.25. The highest BCUT2D eigenvalue weighted by atomic mass is 16.7. The largest absolute Gasteiger partial charge is 0.459 e. The van der Waals surface area contributed by atoms with E-state index < -0.39 is 30.1 Å². The standard InChI is InChI=1S/C30H45NO9/c1-8-27(34)40-28-16-30(17-36-30)29(35-7)25(39-28)13-10-18(2)9-12-24-19(3)15-23(21(5)38-24)31-26(33)14-11-20(4)37-22(6)32/h9-11,13-14,19-21,23-25,28-29H,8,12,15-17H2,1-7H3,(H,31,33)/b13-10+,14-11-,18-9+/t19-,20-,21+,23+,24-,25+,28-,29+,30+/m0/s1. The van der Waals surface area contributed by atoms with Crippen molar-refractivity contribution in [3.05, 3.63) is 36.0 Å². The molecule has 3 rings (SSSR count). The Kier molecular flexibility index (Phi) is 11.5. The third-order valence-electron chi connectivity index (χ3n) is 7.59. The van der Waals surface area contributed by atoms with Gasteiger partial charge in [-0.1, -0.05) is 37.6 Å². The van der Waals surface area contributed by atoms with Crippen LogP contribution in [0.5, 0.6) is 0 Å². The summed E-state index contributed by atoms with van der Waals surface area (Å²) < 4.78 is 34.3. The zero-order valence-electron chi connectivity index (χ0n) is 24.7. The molecule has 0 aromatic heterocycles. The van der Waals surface area contributed by atoms with Crippen LogP contribution in [0.4, 0.5) is 0 Å². The predicted octanol–water partition coefficient (Wildman–Crippen LogP) is 3.54. The van der Waals surface area contributed by atoms with Crippen LogP contribution in [-0.2, 0) is 42.8 Å². The van der Waals surface area contributed by atoms with E-state index in [1.54, 1.807) is 27.0 Å². The van der Waals surface area contributed by atoms with Crippen molar-refractivity contribution in [2.45, 2.75) is 116 Å². The van der Waals surface area contributed by atoms with Crippen molar-refractivity contribution in [1.29, 1.82) is 0 Å². The van der Waals surface area contributed by atoms with Gasteiger partial charge in [0.1, 0.15) is 23.9 Å². The first-order valence-electron chi connectivity index (χ1n) is 14.1. The maximum Gasteiger partial charge on any atom is 0.307 e. The minimum Gasteiger partial charge on any atom is -0.459 e. The number of ether oxygens (including phenoxy) is 6. The van der Waals surface area contributed by atoms with Crippen molar-refractivity contribution in [2.24, 2.45) is 5.92 Å². The van der Waals surface area contributed by atoms with Gasteiger partial charge in [0.15, 0.2) is 0 Å². The molecule has 0 bridgehead atoms. The van der Waals surface area contributed by atoms with Gasteiger partial charge in [-0.2, -0.15) is 0 Å². The van der Waals surface area contributed by atoms with Crippen LogP contribution >= 0.6 is 0 Å². The number of hydrogen-bond acceptors (Lipinski definition) is 9. The molecule has 3 saturated heterocycles. The summed E-state index contributed by atoms with van der Waals surface area (Å²) >= 11 is 0. The second-order valence-electron chi connectivity index (χ2n) is 11.0. The molecule has 3 aliphatic heterocycles. The third kappa shape index (κ3) is 8.99. The normalized spacial score (nSPS) is 35.1. The maximum atomic E-state index is 12.4. The van der Waals surface area contributed by atoms with Crippen LogP contribution in [0, 0.1) is 5.92 Å². The highest BCUT2D eigenvalue weighted by Gasteiger charge is 2.60. The molecule has 0 saturated carbocycles. The van der Waals surface area contributed by atoms with E-state index in [0.717, 1.165) is 18.4 Å². The lowest BCUT2D eigenvalue weighted by Crippen LogP contribution is -2.52. The molecule has 0 aliphatic carbocycles. The number of carbonyl (C=O) groups is 3. The van der Waals surface area contributed by atoms with Gasteiger partial charge in [-0.3, -0.25) is 14.4 Å². The monoisotopic (exact) mass is 563 g/mol. The van der Waals surface area contributed by atoms with Crippen LogP contribution in [0.15, 0.2) is 36.0 Å². The molecule has 0 radical (unpaired) electrons. The van der Waals surface area contributed by atoms with Gasteiger partial charge in [-0.05, 0) is 45.6 Å². The Bertz CT molecular complexity index is 986. The fraction of sp³-hybridized carbons (Fsp3) is 0.700. The van der Waals surface area contributed by atoms with Crippen LogP contribution < -0.4 is 5.32 Å². The Morgan fingerprint density at radius 1 is 1.15 bits per heavy atom. The summed E-state index contributed by atoms with van der Waals surface area (Å²) in [6.07, 6.45) is 9.29. The molecule has 224 valence electrons. The average molecular weight is 564 g/mol. The van der Waals surface area contributed by atoms with Gasteiger partial charge in [-0.25, -0.2) is 0 Å². The van der Waals surface area contributed by atoms with E-state index in [9.17, 15) is 14.4 Å². The zero-order valence-corrected chi connectivity index (χ0v) is 24.7. The molecule has 3 fully saturated rings. The smallest absolute Gasteiger partial charge is 0.307 e. The predicted molar refractivity (Wildman–Crippen MR) is 147 cm³/mol. The SMILES string of the molecule is CCC(=O)O[C@H]1C[C@@]2(CO2)[C@H](OC)[C@@H](/C=C/C(C)=C/C[C@@H]2O[C@H](C)[C@H](NC(=O)/C=C\[C@H](C)OC(C)=O)C[C@@H]2C)O1. The Labute approximate surface area is 237 Å². The number of carbonyl (C=O) groups excluding carboxylic acids is 3. The summed E-state index contributed by atoms with van der Waals surface area (Å²) in [5, 5.41) is 3.01. The van der Waals surface area contributed by atoms with E-state index in [0.29, 0.717) is 13.0 Å². The maximum absolute atomic E-state index is 12.4. The molecule has 1 N–H and O–H groups in total. The van der Waals surface area contributed by atoms with E-state index >= 15 is 0 Å². The fourth-order valence-electron chi connectivity index (χ4n) is 5.25. The van der Waals surface area contributed by atoms with E-state index in [4.69, 9.17) is 28.4 Å². The first-order valence-corrected chi connectivity index (χ1v) is 14.1. The molecule has 9 atom stereocenters. The van der Waals surface area contributed by atoms with Gasteiger partial charge in [0.2, 0.25) is 12.2 Å². The van der Waals surface area contributed by atoms with Crippen molar-refractivity contribution in [1.82, 2.24) is 5.32 Å². The lowest BCUT2D eigenvalue weighted by molar-refractivity contribution is -0.231. The number of allylic oxidation sites excluding steroid dienone is 2. The van der Waals surface area contributed by atoms with Crippen molar-refractivity contribution in [3.8, 4) is 0 Å². The Balaban J connectivity index is 1.52. The minimum atomic E-state index is -0.667. The van der Waals surface area contributed by atoms with Gasteiger partial charge in [-0.15, -0.1) is 0 Å². The molecule has 0 unspecified atom stereocenters. The zero-order chi connectivity index (χ0) is 29.4. The minimum absolute atomic E-state index is 0.0182. The first kappa shape index (κ1) is 32.0. The molecule has 10 heteroatoms. The second kappa shape index (κ2) is 14.4. The first-order chi connectivity index (χ1) is 19.0. The highest BCUT2D eigenvalue weighted by Crippen LogP contribution is 2.44. The topological polar surface area (TPSA) is 122 Å². The molecular formula is C30H45NO9. The number of nitrogens with one attached hydrogen (secondary N) is 1. The molecule has 1 amide bonds. The van der Waals surface area contributed by atoms with Gasteiger partial charge < -0.3 is 33.7 Å². The van der Waals surface area contributed by atoms with E-state index in [2.05, 4.69) is 18.3 Å². The van der Waals surface area contributed by atoms with Crippen LogP contribution in [0.25, 0.3) is 0 Å². The molecule has 0 aromatic carbocycles. The lowest BCUT2D eigenvalue weighted by Gasteiger charge is -2.39. The quantitative estimate of drug-likeness (QED) is 0.174. The van der Waals surface area contributed by atoms with Gasteiger partial charge in [0.05, 0.1) is 24.9 Å². The van der Waals surface area contributed by atoms with Crippen LogP contribution in [0.2, 0.25) is 0 Å². The van der Waals surface area contributed by atoms with E-state index in [1.165, 1.54) is 13.0 Å². The van der Waals surface area contributed by atoms with Crippen molar-refractivity contribution >= 4 is 17.8 Å². The summed E-state index contributed by atoms with van der Waals surface area (Å²) in [4.78, 5) is 35.2. The number of rotatable bonds is 11. The van der Waals surface area contributed by atoms with Gasteiger partial charge in [0.25, 0.3) is 0 Å². The lowest BCUT2D eigenvalue weighted by atomic mass is 9.88. The Morgan fingerprint density at radius 3 is 2.50 bits per heavy atom. The summed E-state index contributed by atoms with van der Waals surface area (Å²) in [5.74, 6) is -0.703. The van der Waals surface area contributed by atoms with Crippen molar-refractivity contribution < 1.29 is 42.8 Å². The summed E-state index contributed by atoms with van der Waals surface area (Å²) in [6, 6.07) is -0.112. The van der Waals surface area contributed by atoms with Gasteiger partial charge in [0, 0.05) is 33.0 Å². The van der Waals surface area contributed by atoms with E-state index in [1.807, 2.05) is 26.0 Å². The average Bonchev–Trinajstić information content (AvgIpc) is 3.65. The van der Waals surface area contributed by atoms with Crippen LogP contribution in [0.3, 0.4) is 0 Å². The Morgan fingerprint density at radius 2 is 1.88 bits per heavy atom. The summed E-state index contributed by atoms with van der Waals surface area (Å²) in [5.41, 5.74) is 0.560. The molecule has 3 aliphatic rings. The molecule has 0 aromatic rings. The molecule has 10 nitrogen and oxygen atoms in total. The molecular weight excluding hydrogens is 518 g/mol. The third-order valence-corrected chi connectivity index (χ3v) is 7.59. The van der Waals surface area contributed by atoms with Crippen LogP contribution in [-0.4, -0.2) is 80.0 Å². The van der Waals surface area contributed by atoms with E-state index in [-0.39, 0.29) is 48.6 Å². The second-order valence-corrected chi connectivity index (χ2v) is 11.0. The summed E-state index contributed by atoms with van der Waals surface area (Å²) in [7, 11) is 1.64.